The van der Waals surface area contributed by atoms with Crippen molar-refractivity contribution in [2.75, 3.05) is 19.7 Å². The van der Waals surface area contributed by atoms with Crippen LogP contribution in [0, 0.1) is 11.8 Å². The smallest absolute Gasteiger partial charge is 0.317 e. The maximum Gasteiger partial charge on any atom is 0.317 e. The van der Waals surface area contributed by atoms with Crippen LogP contribution < -0.4 is 5.32 Å². The second-order valence-electron chi connectivity index (χ2n) is 4.47. The highest BCUT2D eigenvalue weighted by atomic mass is 16.2. The number of carbonyl (C=O) groups excluding carboxylic acids is 1. The van der Waals surface area contributed by atoms with E-state index in [1.165, 1.54) is 0 Å². The van der Waals surface area contributed by atoms with Crippen LogP contribution in [0.1, 0.15) is 24.0 Å². The SMILES string of the molecule is O=C(NCc1ccccc1C#CCO)N1CCCC1. The lowest BCUT2D eigenvalue weighted by atomic mass is 10.1. The summed E-state index contributed by atoms with van der Waals surface area (Å²) in [5.41, 5.74) is 1.81. The summed E-state index contributed by atoms with van der Waals surface area (Å²) in [4.78, 5) is 13.7. The topological polar surface area (TPSA) is 52.6 Å². The van der Waals surface area contributed by atoms with Gasteiger partial charge in [0.25, 0.3) is 0 Å². The minimum Gasteiger partial charge on any atom is -0.384 e. The molecule has 0 atom stereocenters. The van der Waals surface area contributed by atoms with Gasteiger partial charge in [0, 0.05) is 25.2 Å². The van der Waals surface area contributed by atoms with E-state index in [-0.39, 0.29) is 12.6 Å². The normalized spacial score (nSPS) is 13.8. The minimum absolute atomic E-state index is 0.0116. The van der Waals surface area contributed by atoms with Crippen LogP contribution in [0.3, 0.4) is 0 Å². The van der Waals surface area contributed by atoms with Gasteiger partial charge >= 0.3 is 6.03 Å². The van der Waals surface area contributed by atoms with Crippen LogP contribution in [-0.4, -0.2) is 35.7 Å². The molecule has 0 spiro atoms. The van der Waals surface area contributed by atoms with Gasteiger partial charge in [-0.2, -0.15) is 0 Å². The third kappa shape index (κ3) is 3.73. The van der Waals surface area contributed by atoms with E-state index in [9.17, 15) is 4.79 Å². The van der Waals surface area contributed by atoms with Crippen molar-refractivity contribution in [1.29, 1.82) is 0 Å². The molecule has 0 unspecified atom stereocenters. The Morgan fingerprint density at radius 2 is 2.05 bits per heavy atom. The molecule has 0 bridgehead atoms. The maximum atomic E-state index is 11.9. The van der Waals surface area contributed by atoms with Gasteiger partial charge in [0.15, 0.2) is 0 Å². The molecule has 0 saturated carbocycles. The summed E-state index contributed by atoms with van der Waals surface area (Å²) in [6, 6.07) is 7.63. The number of hydrogen-bond acceptors (Lipinski definition) is 2. The molecule has 2 rings (SSSR count). The molecular weight excluding hydrogens is 240 g/mol. The number of nitrogens with zero attached hydrogens (tertiary/aromatic N) is 1. The molecule has 19 heavy (non-hydrogen) atoms. The van der Waals surface area contributed by atoms with E-state index in [4.69, 9.17) is 5.11 Å². The number of likely N-dealkylation sites (tertiary alicyclic amines) is 1. The number of aliphatic hydroxyl groups is 1. The zero-order valence-electron chi connectivity index (χ0n) is 10.9. The molecule has 1 aromatic carbocycles. The van der Waals surface area contributed by atoms with Crippen LogP contribution in [0.15, 0.2) is 24.3 Å². The van der Waals surface area contributed by atoms with E-state index in [0.717, 1.165) is 37.1 Å². The van der Waals surface area contributed by atoms with Crippen molar-refractivity contribution in [2.45, 2.75) is 19.4 Å². The van der Waals surface area contributed by atoms with Crippen molar-refractivity contribution in [3.63, 3.8) is 0 Å². The molecular formula is C15H18N2O2. The average Bonchev–Trinajstić information content (AvgIpc) is 2.97. The van der Waals surface area contributed by atoms with Crippen molar-refractivity contribution in [3.8, 4) is 11.8 Å². The Bertz CT molecular complexity index is 496. The molecule has 4 heteroatoms. The number of carbonyl (C=O) groups is 1. The lowest BCUT2D eigenvalue weighted by Gasteiger charge is -2.16. The molecule has 2 amide bonds. The molecule has 0 radical (unpaired) electrons. The highest BCUT2D eigenvalue weighted by Crippen LogP contribution is 2.09. The summed E-state index contributed by atoms with van der Waals surface area (Å²) in [6.45, 7) is 2.00. The van der Waals surface area contributed by atoms with Gasteiger partial charge in [-0.3, -0.25) is 0 Å². The summed E-state index contributed by atoms with van der Waals surface area (Å²) < 4.78 is 0. The van der Waals surface area contributed by atoms with E-state index in [2.05, 4.69) is 17.2 Å². The monoisotopic (exact) mass is 258 g/mol. The lowest BCUT2D eigenvalue weighted by molar-refractivity contribution is 0.208. The van der Waals surface area contributed by atoms with Crippen LogP contribution >= 0.6 is 0 Å². The van der Waals surface area contributed by atoms with Crippen molar-refractivity contribution < 1.29 is 9.90 Å². The average molecular weight is 258 g/mol. The number of nitrogens with one attached hydrogen (secondary N) is 1. The zero-order chi connectivity index (χ0) is 13.5. The highest BCUT2D eigenvalue weighted by Gasteiger charge is 2.17. The van der Waals surface area contributed by atoms with Crippen LogP contribution in [0.4, 0.5) is 4.79 Å². The number of rotatable bonds is 2. The third-order valence-electron chi connectivity index (χ3n) is 3.14. The van der Waals surface area contributed by atoms with E-state index in [1.807, 2.05) is 29.2 Å². The number of amides is 2. The Morgan fingerprint density at radius 3 is 2.79 bits per heavy atom. The van der Waals surface area contributed by atoms with Gasteiger partial charge in [-0.25, -0.2) is 4.79 Å². The molecule has 1 fully saturated rings. The fourth-order valence-electron chi connectivity index (χ4n) is 2.13. The second-order valence-corrected chi connectivity index (χ2v) is 4.47. The predicted molar refractivity (Wildman–Crippen MR) is 73.4 cm³/mol. The first-order valence-electron chi connectivity index (χ1n) is 6.51. The van der Waals surface area contributed by atoms with Gasteiger partial charge < -0.3 is 15.3 Å². The fraction of sp³-hybridized carbons (Fsp3) is 0.400. The summed E-state index contributed by atoms with van der Waals surface area (Å²) in [7, 11) is 0. The Morgan fingerprint density at radius 1 is 1.32 bits per heavy atom. The number of aliphatic hydroxyl groups excluding tert-OH is 1. The fourth-order valence-corrected chi connectivity index (χ4v) is 2.13. The van der Waals surface area contributed by atoms with Gasteiger partial charge in [-0.15, -0.1) is 0 Å². The molecule has 1 aromatic rings. The maximum absolute atomic E-state index is 11.9. The van der Waals surface area contributed by atoms with Crippen molar-refractivity contribution in [3.05, 3.63) is 35.4 Å². The summed E-state index contributed by atoms with van der Waals surface area (Å²) in [5, 5.41) is 11.6. The molecule has 1 aliphatic heterocycles. The molecule has 2 N–H and O–H groups in total. The van der Waals surface area contributed by atoms with Gasteiger partial charge in [-0.05, 0) is 24.5 Å². The summed E-state index contributed by atoms with van der Waals surface area (Å²) in [5.74, 6) is 5.52. The Balaban J connectivity index is 1.97. The van der Waals surface area contributed by atoms with Crippen molar-refractivity contribution in [2.24, 2.45) is 0 Å². The van der Waals surface area contributed by atoms with Crippen LogP contribution in [0.5, 0.6) is 0 Å². The summed E-state index contributed by atoms with van der Waals surface area (Å²) >= 11 is 0. The third-order valence-corrected chi connectivity index (χ3v) is 3.14. The molecule has 4 nitrogen and oxygen atoms in total. The Kier molecular flexibility index (Phi) is 4.82. The first-order valence-corrected chi connectivity index (χ1v) is 6.51. The predicted octanol–water partition coefficient (Wildman–Crippen LogP) is 1.34. The van der Waals surface area contributed by atoms with Crippen LogP contribution in [-0.2, 0) is 6.54 Å². The minimum atomic E-state index is -0.158. The first kappa shape index (κ1) is 13.4. The zero-order valence-corrected chi connectivity index (χ0v) is 10.9. The second kappa shape index (κ2) is 6.81. The standard InChI is InChI=1S/C15H18N2O2/c18-11-5-8-13-6-1-2-7-14(13)12-16-15(19)17-9-3-4-10-17/h1-2,6-7,18H,3-4,9-12H2,(H,16,19). The van der Waals surface area contributed by atoms with Crippen molar-refractivity contribution >= 4 is 6.03 Å². The van der Waals surface area contributed by atoms with Crippen molar-refractivity contribution in [1.82, 2.24) is 10.2 Å². The van der Waals surface area contributed by atoms with Crippen LogP contribution in [0.2, 0.25) is 0 Å². The van der Waals surface area contributed by atoms with E-state index < -0.39 is 0 Å². The van der Waals surface area contributed by atoms with E-state index in [0.29, 0.717) is 6.54 Å². The van der Waals surface area contributed by atoms with Gasteiger partial charge in [0.2, 0.25) is 0 Å². The van der Waals surface area contributed by atoms with E-state index >= 15 is 0 Å². The number of urea groups is 1. The molecule has 0 aromatic heterocycles. The Labute approximate surface area is 113 Å². The molecule has 0 aliphatic carbocycles. The lowest BCUT2D eigenvalue weighted by Crippen LogP contribution is -2.37. The molecule has 1 saturated heterocycles. The number of benzene rings is 1. The number of hydrogen-bond donors (Lipinski definition) is 2. The Hall–Kier alpha value is -1.99. The molecule has 100 valence electrons. The quantitative estimate of drug-likeness (QED) is 0.786. The van der Waals surface area contributed by atoms with E-state index in [1.54, 1.807) is 0 Å². The first-order chi connectivity index (χ1) is 9.31. The van der Waals surface area contributed by atoms with Gasteiger partial charge in [0.05, 0.1) is 0 Å². The van der Waals surface area contributed by atoms with Gasteiger partial charge in [-0.1, -0.05) is 30.0 Å². The molecule has 1 heterocycles. The largest absolute Gasteiger partial charge is 0.384 e. The highest BCUT2D eigenvalue weighted by molar-refractivity contribution is 5.74. The van der Waals surface area contributed by atoms with Gasteiger partial charge in [0.1, 0.15) is 6.61 Å². The van der Waals surface area contributed by atoms with Crippen LogP contribution in [0.25, 0.3) is 0 Å². The molecule has 1 aliphatic rings. The summed E-state index contributed by atoms with van der Waals surface area (Å²) in [6.07, 6.45) is 2.18.